The Hall–Kier alpha value is -0.800. The van der Waals surface area contributed by atoms with Gasteiger partial charge >= 0.3 is 0 Å². The summed E-state index contributed by atoms with van der Waals surface area (Å²) in [6, 6.07) is 3.94. The molecule has 6 nitrogen and oxygen atoms in total. The summed E-state index contributed by atoms with van der Waals surface area (Å²) in [6.07, 6.45) is 11.6. The Morgan fingerprint density at radius 2 is 2.00 bits per heavy atom. The molecule has 1 aliphatic heterocycles. The van der Waals surface area contributed by atoms with Crippen LogP contribution in [0.4, 0.5) is 0 Å². The van der Waals surface area contributed by atoms with Gasteiger partial charge in [0.05, 0.1) is 19.0 Å². The van der Waals surface area contributed by atoms with Gasteiger partial charge in [-0.1, -0.05) is 19.3 Å². The van der Waals surface area contributed by atoms with Crippen LogP contribution in [0.2, 0.25) is 0 Å². The standard InChI is InChI=1S/C21H35N3O3.HI/c1-2-6-18(7-3-1)16-24-21(23-12-9-19-8-4-13-26-19)22-11-5-14-27-20-10-15-25-17-20;/h4,8,13,18,20H,1-3,5-7,9-12,14-17H2,(H2,22,23,24);1H. The summed E-state index contributed by atoms with van der Waals surface area (Å²) >= 11 is 0. The van der Waals surface area contributed by atoms with Crippen molar-refractivity contribution in [3.8, 4) is 0 Å². The summed E-state index contributed by atoms with van der Waals surface area (Å²) in [4.78, 5) is 4.84. The number of guanidine groups is 1. The molecular weight excluding hydrogens is 469 g/mol. The van der Waals surface area contributed by atoms with E-state index in [-0.39, 0.29) is 30.1 Å². The highest BCUT2D eigenvalue weighted by Gasteiger charge is 2.15. The molecule has 3 rings (SSSR count). The summed E-state index contributed by atoms with van der Waals surface area (Å²) in [7, 11) is 0. The van der Waals surface area contributed by atoms with Crippen LogP contribution in [0.25, 0.3) is 0 Å². The molecule has 2 fully saturated rings. The van der Waals surface area contributed by atoms with Crippen molar-refractivity contribution in [2.75, 3.05) is 39.5 Å². The Balaban J connectivity index is 0.00000280. The quantitative estimate of drug-likeness (QED) is 0.220. The SMILES string of the molecule is I.c1coc(CCNC(=NCC2CCCCC2)NCCCOC2CCOC2)c1. The zero-order valence-electron chi connectivity index (χ0n) is 16.9. The van der Waals surface area contributed by atoms with Crippen LogP contribution in [0.15, 0.2) is 27.8 Å². The lowest BCUT2D eigenvalue weighted by Gasteiger charge is -2.20. The minimum atomic E-state index is 0. The second-order valence-electron chi connectivity index (χ2n) is 7.59. The zero-order valence-corrected chi connectivity index (χ0v) is 19.2. The topological polar surface area (TPSA) is 68.0 Å². The fraction of sp³-hybridized carbons (Fsp3) is 0.762. The average molecular weight is 505 g/mol. The average Bonchev–Trinajstić information content (AvgIpc) is 3.40. The first-order chi connectivity index (χ1) is 13.4. The van der Waals surface area contributed by atoms with Crippen LogP contribution < -0.4 is 10.6 Å². The monoisotopic (exact) mass is 505 g/mol. The van der Waals surface area contributed by atoms with E-state index in [4.69, 9.17) is 18.9 Å². The van der Waals surface area contributed by atoms with Crippen LogP contribution in [0.5, 0.6) is 0 Å². The van der Waals surface area contributed by atoms with Gasteiger partial charge in [0.1, 0.15) is 5.76 Å². The van der Waals surface area contributed by atoms with Gasteiger partial charge in [0, 0.05) is 39.3 Å². The Labute approximate surface area is 186 Å². The number of hydrogen-bond donors (Lipinski definition) is 2. The third kappa shape index (κ3) is 9.13. The van der Waals surface area contributed by atoms with Crippen molar-refractivity contribution in [2.24, 2.45) is 10.9 Å². The number of rotatable bonds is 10. The third-order valence-electron chi connectivity index (χ3n) is 5.33. The fourth-order valence-electron chi connectivity index (χ4n) is 3.70. The normalized spacial score (nSPS) is 20.7. The van der Waals surface area contributed by atoms with E-state index in [1.165, 1.54) is 32.1 Å². The Morgan fingerprint density at radius 3 is 2.75 bits per heavy atom. The lowest BCUT2D eigenvalue weighted by molar-refractivity contribution is 0.0420. The molecule has 2 heterocycles. The van der Waals surface area contributed by atoms with Crippen molar-refractivity contribution in [1.29, 1.82) is 0 Å². The lowest BCUT2D eigenvalue weighted by atomic mass is 9.89. The molecule has 0 amide bonds. The highest BCUT2D eigenvalue weighted by atomic mass is 127. The van der Waals surface area contributed by atoms with Crippen LogP contribution >= 0.6 is 24.0 Å². The van der Waals surface area contributed by atoms with Gasteiger partial charge in [-0.15, -0.1) is 24.0 Å². The van der Waals surface area contributed by atoms with Gasteiger partial charge in [0.2, 0.25) is 0 Å². The number of nitrogens with one attached hydrogen (secondary N) is 2. The molecule has 28 heavy (non-hydrogen) atoms. The van der Waals surface area contributed by atoms with Crippen LogP contribution in [-0.2, 0) is 15.9 Å². The number of nitrogens with zero attached hydrogens (tertiary/aromatic N) is 1. The first-order valence-electron chi connectivity index (χ1n) is 10.6. The number of hydrogen-bond acceptors (Lipinski definition) is 4. The second kappa shape index (κ2) is 14.2. The van der Waals surface area contributed by atoms with Gasteiger partial charge in [0.25, 0.3) is 0 Å². The summed E-state index contributed by atoms with van der Waals surface area (Å²) in [5, 5.41) is 6.91. The maximum atomic E-state index is 5.83. The van der Waals surface area contributed by atoms with Gasteiger partial charge in [-0.2, -0.15) is 0 Å². The maximum Gasteiger partial charge on any atom is 0.191 e. The lowest BCUT2D eigenvalue weighted by Crippen LogP contribution is -2.39. The number of furan rings is 1. The molecule has 2 N–H and O–H groups in total. The smallest absolute Gasteiger partial charge is 0.191 e. The van der Waals surface area contributed by atoms with Gasteiger partial charge in [0.15, 0.2) is 5.96 Å². The van der Waals surface area contributed by atoms with E-state index in [2.05, 4.69) is 10.6 Å². The first kappa shape index (κ1) is 23.5. The summed E-state index contributed by atoms with van der Waals surface area (Å²) < 4.78 is 16.6. The molecule has 2 aliphatic rings. The largest absolute Gasteiger partial charge is 0.469 e. The predicted octanol–water partition coefficient (Wildman–Crippen LogP) is 3.75. The molecule has 1 aromatic heterocycles. The molecule has 0 bridgehead atoms. The second-order valence-corrected chi connectivity index (χ2v) is 7.59. The van der Waals surface area contributed by atoms with Gasteiger partial charge in [-0.3, -0.25) is 4.99 Å². The molecule has 1 aromatic rings. The summed E-state index contributed by atoms with van der Waals surface area (Å²) in [6.45, 7) is 4.95. The van der Waals surface area contributed by atoms with E-state index in [0.29, 0.717) is 0 Å². The fourth-order valence-corrected chi connectivity index (χ4v) is 3.70. The van der Waals surface area contributed by atoms with Crippen molar-refractivity contribution in [3.63, 3.8) is 0 Å². The van der Waals surface area contributed by atoms with Crippen molar-refractivity contribution in [3.05, 3.63) is 24.2 Å². The maximum absolute atomic E-state index is 5.83. The minimum absolute atomic E-state index is 0. The predicted molar refractivity (Wildman–Crippen MR) is 123 cm³/mol. The zero-order chi connectivity index (χ0) is 18.6. The highest BCUT2D eigenvalue weighted by Crippen LogP contribution is 2.23. The minimum Gasteiger partial charge on any atom is -0.469 e. The van der Waals surface area contributed by atoms with Gasteiger partial charge in [-0.05, 0) is 43.7 Å². The molecule has 1 saturated heterocycles. The summed E-state index contributed by atoms with van der Waals surface area (Å²) in [5.41, 5.74) is 0. The molecule has 0 spiro atoms. The molecule has 160 valence electrons. The van der Waals surface area contributed by atoms with Crippen molar-refractivity contribution >= 4 is 29.9 Å². The van der Waals surface area contributed by atoms with Crippen LogP contribution in [-0.4, -0.2) is 51.5 Å². The number of halogens is 1. The van der Waals surface area contributed by atoms with Gasteiger partial charge < -0.3 is 24.5 Å². The highest BCUT2D eigenvalue weighted by molar-refractivity contribution is 14.0. The number of aliphatic imine (C=N–C) groups is 1. The van der Waals surface area contributed by atoms with E-state index in [1.54, 1.807) is 6.26 Å². The summed E-state index contributed by atoms with van der Waals surface area (Å²) in [5.74, 6) is 2.66. The van der Waals surface area contributed by atoms with Crippen LogP contribution in [0, 0.1) is 5.92 Å². The van der Waals surface area contributed by atoms with E-state index < -0.39 is 0 Å². The molecule has 1 atom stereocenters. The molecule has 1 unspecified atom stereocenters. The Bertz CT molecular complexity index is 527. The van der Waals surface area contributed by atoms with Crippen molar-refractivity contribution in [2.45, 2.75) is 57.5 Å². The number of ether oxygens (including phenoxy) is 2. The molecular formula is C21H36IN3O3. The molecule has 0 radical (unpaired) electrons. The van der Waals surface area contributed by atoms with E-state index in [0.717, 1.165) is 76.4 Å². The molecule has 1 aliphatic carbocycles. The Kier molecular flexibility index (Phi) is 11.9. The molecule has 0 aromatic carbocycles. The third-order valence-corrected chi connectivity index (χ3v) is 5.33. The van der Waals surface area contributed by atoms with Crippen LogP contribution in [0.1, 0.15) is 50.7 Å². The van der Waals surface area contributed by atoms with Crippen molar-refractivity contribution < 1.29 is 13.9 Å². The molecule has 1 saturated carbocycles. The van der Waals surface area contributed by atoms with E-state index in [1.807, 2.05) is 12.1 Å². The Morgan fingerprint density at radius 1 is 1.14 bits per heavy atom. The first-order valence-corrected chi connectivity index (χ1v) is 10.6. The molecule has 7 heteroatoms. The van der Waals surface area contributed by atoms with Crippen molar-refractivity contribution in [1.82, 2.24) is 10.6 Å². The van der Waals surface area contributed by atoms with E-state index >= 15 is 0 Å². The van der Waals surface area contributed by atoms with Gasteiger partial charge in [-0.25, -0.2) is 0 Å². The van der Waals surface area contributed by atoms with Crippen LogP contribution in [0.3, 0.4) is 0 Å². The van der Waals surface area contributed by atoms with E-state index in [9.17, 15) is 0 Å².